The molecule has 0 aromatic carbocycles. The van der Waals surface area contributed by atoms with E-state index in [2.05, 4.69) is 10.3 Å². The van der Waals surface area contributed by atoms with E-state index in [4.69, 9.17) is 5.73 Å². The summed E-state index contributed by atoms with van der Waals surface area (Å²) in [5, 5.41) is 2.79. The molecule has 1 unspecified atom stereocenters. The molecular weight excluding hydrogens is 231 g/mol. The number of hydrogen-bond donors (Lipinski definition) is 2. The maximum absolute atomic E-state index is 12.7. The molecule has 1 atom stereocenters. The minimum atomic E-state index is -4.39. The van der Waals surface area contributed by atoms with Crippen LogP contribution in [-0.4, -0.2) is 17.6 Å². The number of anilines is 1. The summed E-state index contributed by atoms with van der Waals surface area (Å²) in [5.41, 5.74) is 4.66. The lowest BCUT2D eigenvalue weighted by Crippen LogP contribution is -2.24. The molecule has 0 radical (unpaired) electrons. The van der Waals surface area contributed by atoms with Crippen molar-refractivity contribution >= 4 is 5.82 Å². The molecule has 96 valence electrons. The Kier molecular flexibility index (Phi) is 4.74. The fourth-order valence-corrected chi connectivity index (χ4v) is 1.52. The summed E-state index contributed by atoms with van der Waals surface area (Å²) in [6.45, 7) is 2.32. The first-order valence-corrected chi connectivity index (χ1v) is 5.47. The van der Waals surface area contributed by atoms with Crippen LogP contribution in [0.3, 0.4) is 0 Å². The van der Waals surface area contributed by atoms with Crippen molar-refractivity contribution < 1.29 is 13.2 Å². The molecule has 1 rings (SSSR count). The molecule has 1 aromatic heterocycles. The van der Waals surface area contributed by atoms with Gasteiger partial charge in [0.2, 0.25) is 0 Å². The molecular formula is C11H16F3N3. The van der Waals surface area contributed by atoms with Gasteiger partial charge in [-0.1, -0.05) is 6.92 Å². The van der Waals surface area contributed by atoms with Crippen LogP contribution in [0.15, 0.2) is 18.3 Å². The number of rotatable bonds is 5. The molecule has 0 saturated heterocycles. The van der Waals surface area contributed by atoms with Gasteiger partial charge in [0.1, 0.15) is 5.82 Å². The number of pyridine rings is 1. The lowest BCUT2D eigenvalue weighted by Gasteiger charge is -2.19. The van der Waals surface area contributed by atoms with Gasteiger partial charge in [0, 0.05) is 12.2 Å². The zero-order valence-electron chi connectivity index (χ0n) is 9.59. The van der Waals surface area contributed by atoms with Crippen molar-refractivity contribution in [3.05, 3.63) is 23.9 Å². The summed E-state index contributed by atoms with van der Waals surface area (Å²) in [5.74, 6) is -0.125. The number of halogens is 3. The molecule has 3 nitrogen and oxygen atoms in total. The molecule has 6 heteroatoms. The van der Waals surface area contributed by atoms with Crippen molar-refractivity contribution in [1.29, 1.82) is 0 Å². The summed E-state index contributed by atoms with van der Waals surface area (Å²) >= 11 is 0. The molecule has 3 N–H and O–H groups in total. The third kappa shape index (κ3) is 3.89. The predicted octanol–water partition coefficient (Wildman–Crippen LogP) is 2.64. The highest BCUT2D eigenvalue weighted by atomic mass is 19.4. The smallest absolute Gasteiger partial charge is 0.367 e. The van der Waals surface area contributed by atoms with E-state index in [1.807, 2.05) is 6.92 Å². The van der Waals surface area contributed by atoms with E-state index in [9.17, 15) is 13.2 Å². The summed E-state index contributed by atoms with van der Waals surface area (Å²) < 4.78 is 38.1. The topological polar surface area (TPSA) is 50.9 Å². The first-order chi connectivity index (χ1) is 7.99. The van der Waals surface area contributed by atoms with Gasteiger partial charge in [-0.3, -0.25) is 0 Å². The van der Waals surface area contributed by atoms with Crippen molar-refractivity contribution in [2.75, 3.05) is 11.9 Å². The first kappa shape index (κ1) is 13.8. The van der Waals surface area contributed by atoms with E-state index in [-0.39, 0.29) is 11.9 Å². The van der Waals surface area contributed by atoms with E-state index >= 15 is 0 Å². The Bertz CT molecular complexity index is 352. The molecule has 0 aliphatic heterocycles. The fraction of sp³-hybridized carbons (Fsp3) is 0.545. The van der Waals surface area contributed by atoms with Crippen LogP contribution in [0, 0.1) is 0 Å². The molecule has 0 bridgehead atoms. The Morgan fingerprint density at radius 2 is 2.18 bits per heavy atom. The fourth-order valence-electron chi connectivity index (χ4n) is 1.52. The number of nitrogens with zero attached hydrogens (tertiary/aromatic N) is 1. The van der Waals surface area contributed by atoms with Crippen molar-refractivity contribution in [2.45, 2.75) is 32.0 Å². The van der Waals surface area contributed by atoms with Crippen LogP contribution in [0.5, 0.6) is 0 Å². The normalized spacial score (nSPS) is 13.5. The van der Waals surface area contributed by atoms with Crippen molar-refractivity contribution in [2.24, 2.45) is 5.73 Å². The molecule has 0 aliphatic rings. The maximum atomic E-state index is 12.7. The Balaban J connectivity index is 2.90. The van der Waals surface area contributed by atoms with Crippen LogP contribution in [0.2, 0.25) is 0 Å². The number of alkyl halides is 3. The highest BCUT2D eigenvalue weighted by Crippen LogP contribution is 2.33. The van der Waals surface area contributed by atoms with Crippen molar-refractivity contribution in [1.82, 2.24) is 4.98 Å². The van der Waals surface area contributed by atoms with Gasteiger partial charge in [-0.15, -0.1) is 0 Å². The van der Waals surface area contributed by atoms with Gasteiger partial charge < -0.3 is 11.1 Å². The molecule has 17 heavy (non-hydrogen) atoms. The Morgan fingerprint density at radius 3 is 2.71 bits per heavy atom. The quantitative estimate of drug-likeness (QED) is 0.841. The SMILES string of the molecule is CCC(CCN)Nc1ncccc1C(F)(F)F. The summed E-state index contributed by atoms with van der Waals surface area (Å²) in [6, 6.07) is 2.21. The van der Waals surface area contributed by atoms with Crippen molar-refractivity contribution in [3.8, 4) is 0 Å². The van der Waals surface area contributed by atoms with Gasteiger partial charge in [-0.2, -0.15) is 13.2 Å². The highest BCUT2D eigenvalue weighted by molar-refractivity contribution is 5.46. The van der Waals surface area contributed by atoms with E-state index in [1.54, 1.807) is 0 Å². The lowest BCUT2D eigenvalue weighted by atomic mass is 10.1. The monoisotopic (exact) mass is 247 g/mol. The van der Waals surface area contributed by atoms with Gasteiger partial charge in [0.05, 0.1) is 5.56 Å². The number of hydrogen-bond acceptors (Lipinski definition) is 3. The molecule has 0 fully saturated rings. The summed E-state index contributed by atoms with van der Waals surface area (Å²) in [7, 11) is 0. The van der Waals surface area contributed by atoms with Crippen molar-refractivity contribution in [3.63, 3.8) is 0 Å². The minimum absolute atomic E-state index is 0.0870. The number of aromatic nitrogens is 1. The van der Waals surface area contributed by atoms with Crippen LogP contribution in [0.25, 0.3) is 0 Å². The maximum Gasteiger partial charge on any atom is 0.419 e. The molecule has 0 amide bonds. The second-order valence-electron chi connectivity index (χ2n) is 3.72. The second kappa shape index (κ2) is 5.86. The summed E-state index contributed by atoms with van der Waals surface area (Å²) in [4.78, 5) is 3.74. The Morgan fingerprint density at radius 1 is 1.47 bits per heavy atom. The van der Waals surface area contributed by atoms with E-state index in [0.717, 1.165) is 6.07 Å². The molecule has 0 aliphatic carbocycles. The van der Waals surface area contributed by atoms with Gasteiger partial charge >= 0.3 is 6.18 Å². The lowest BCUT2D eigenvalue weighted by molar-refractivity contribution is -0.137. The average Bonchev–Trinajstić information content (AvgIpc) is 2.27. The highest BCUT2D eigenvalue weighted by Gasteiger charge is 2.34. The second-order valence-corrected chi connectivity index (χ2v) is 3.72. The van der Waals surface area contributed by atoms with Gasteiger partial charge in [-0.05, 0) is 31.5 Å². The molecule has 0 saturated carbocycles. The van der Waals surface area contributed by atoms with Gasteiger partial charge in [0.15, 0.2) is 0 Å². The summed E-state index contributed by atoms with van der Waals surface area (Å²) in [6.07, 6.45) is -1.74. The van der Waals surface area contributed by atoms with Crippen LogP contribution < -0.4 is 11.1 Å². The molecule has 1 aromatic rings. The van der Waals surface area contributed by atoms with E-state index in [0.29, 0.717) is 19.4 Å². The van der Waals surface area contributed by atoms with E-state index < -0.39 is 11.7 Å². The number of nitrogens with two attached hydrogens (primary N) is 1. The zero-order chi connectivity index (χ0) is 12.9. The number of nitrogens with one attached hydrogen (secondary N) is 1. The Hall–Kier alpha value is -1.30. The van der Waals surface area contributed by atoms with Crippen LogP contribution >= 0.6 is 0 Å². The average molecular weight is 247 g/mol. The zero-order valence-corrected chi connectivity index (χ0v) is 9.59. The third-order valence-corrected chi connectivity index (χ3v) is 2.46. The molecule has 1 heterocycles. The minimum Gasteiger partial charge on any atom is -0.367 e. The van der Waals surface area contributed by atoms with Crippen LogP contribution in [0.1, 0.15) is 25.3 Å². The van der Waals surface area contributed by atoms with Crippen LogP contribution in [-0.2, 0) is 6.18 Å². The van der Waals surface area contributed by atoms with Crippen LogP contribution in [0.4, 0.5) is 19.0 Å². The van der Waals surface area contributed by atoms with Gasteiger partial charge in [0.25, 0.3) is 0 Å². The first-order valence-electron chi connectivity index (χ1n) is 5.47. The largest absolute Gasteiger partial charge is 0.419 e. The standard InChI is InChI=1S/C11H16F3N3/c1-2-8(5-6-15)17-10-9(11(12,13)14)4-3-7-16-10/h3-4,7-8H,2,5-6,15H2,1H3,(H,16,17). The third-order valence-electron chi connectivity index (χ3n) is 2.46. The predicted molar refractivity (Wildman–Crippen MR) is 60.6 cm³/mol. The Labute approximate surface area is 98.2 Å². The van der Waals surface area contributed by atoms with Gasteiger partial charge in [-0.25, -0.2) is 4.98 Å². The molecule has 0 spiro atoms. The van der Waals surface area contributed by atoms with E-state index in [1.165, 1.54) is 12.3 Å².